The number of amidine groups is 1. The van der Waals surface area contributed by atoms with E-state index < -0.39 is 23.9 Å². The largest absolute Gasteiger partial charge is 0.494 e. The third-order valence-electron chi connectivity index (χ3n) is 6.20. The molecule has 9 heteroatoms. The van der Waals surface area contributed by atoms with Gasteiger partial charge in [-0.2, -0.15) is 0 Å². The van der Waals surface area contributed by atoms with E-state index >= 15 is 0 Å². The molecule has 29 heavy (non-hydrogen) atoms. The van der Waals surface area contributed by atoms with Crippen LogP contribution in [0.3, 0.4) is 0 Å². The first-order valence-electron chi connectivity index (χ1n) is 9.43. The second-order valence-corrected chi connectivity index (χ2v) is 8.94. The number of rotatable bonds is 1. The first-order valence-corrected chi connectivity index (χ1v) is 9.81. The molecule has 150 valence electrons. The van der Waals surface area contributed by atoms with Crippen LogP contribution in [0.5, 0.6) is 11.5 Å². The number of halogens is 1. The molecule has 0 amide bonds. The Bertz CT molecular complexity index is 1040. The van der Waals surface area contributed by atoms with Gasteiger partial charge < -0.3 is 24.5 Å². The van der Waals surface area contributed by atoms with Gasteiger partial charge in [-0.15, -0.1) is 0 Å². The van der Waals surface area contributed by atoms with Gasteiger partial charge in [0.15, 0.2) is 11.3 Å². The maximum Gasteiger partial charge on any atom is 0.494 e. The van der Waals surface area contributed by atoms with Gasteiger partial charge >= 0.3 is 7.12 Å². The second-order valence-electron chi connectivity index (χ2n) is 8.55. The Morgan fingerprint density at radius 3 is 2.38 bits per heavy atom. The SMILES string of the molecule is CC1(C)OB(c2ccc3c(c2)C2(COC(N)=N2)c2cc(Cl)ncc2O3)OC1(C)C. The third kappa shape index (κ3) is 2.66. The molecule has 0 bridgehead atoms. The van der Waals surface area contributed by atoms with Crippen molar-refractivity contribution in [3.8, 4) is 11.5 Å². The van der Waals surface area contributed by atoms with E-state index in [0.29, 0.717) is 16.7 Å². The molecule has 1 spiro atoms. The molecule has 1 unspecified atom stereocenters. The summed E-state index contributed by atoms with van der Waals surface area (Å²) < 4.78 is 24.1. The molecular weight excluding hydrogens is 393 g/mol. The van der Waals surface area contributed by atoms with Crippen LogP contribution < -0.4 is 15.9 Å². The Morgan fingerprint density at radius 1 is 1.03 bits per heavy atom. The molecule has 1 aromatic heterocycles. The number of hydrogen-bond acceptors (Lipinski definition) is 7. The highest BCUT2D eigenvalue weighted by molar-refractivity contribution is 6.62. The molecule has 4 heterocycles. The van der Waals surface area contributed by atoms with Crippen LogP contribution in [0.4, 0.5) is 0 Å². The van der Waals surface area contributed by atoms with Crippen molar-refractivity contribution in [2.75, 3.05) is 6.61 Å². The van der Waals surface area contributed by atoms with Crippen LogP contribution in [0, 0.1) is 0 Å². The molecule has 1 saturated heterocycles. The molecule has 1 fully saturated rings. The van der Waals surface area contributed by atoms with Crippen LogP contribution in [0.25, 0.3) is 0 Å². The number of fused-ring (bicyclic) bond motifs is 4. The van der Waals surface area contributed by atoms with E-state index in [4.69, 9.17) is 36.1 Å². The van der Waals surface area contributed by atoms with Gasteiger partial charge in [-0.1, -0.05) is 23.7 Å². The fourth-order valence-corrected chi connectivity index (χ4v) is 4.04. The van der Waals surface area contributed by atoms with E-state index in [1.807, 2.05) is 45.9 Å². The van der Waals surface area contributed by atoms with Gasteiger partial charge in [-0.05, 0) is 45.3 Å². The lowest BCUT2D eigenvalue weighted by atomic mass is 9.74. The van der Waals surface area contributed by atoms with Crippen molar-refractivity contribution < 1.29 is 18.8 Å². The first-order chi connectivity index (χ1) is 13.6. The summed E-state index contributed by atoms with van der Waals surface area (Å²) in [4.78, 5) is 8.78. The van der Waals surface area contributed by atoms with Crippen LogP contribution in [-0.2, 0) is 19.6 Å². The Kier molecular flexibility index (Phi) is 3.79. The van der Waals surface area contributed by atoms with Gasteiger partial charge in [0.1, 0.15) is 17.5 Å². The van der Waals surface area contributed by atoms with E-state index in [0.717, 1.165) is 16.6 Å². The molecule has 7 nitrogen and oxygen atoms in total. The van der Waals surface area contributed by atoms with Crippen LogP contribution in [-0.4, -0.2) is 35.9 Å². The summed E-state index contributed by atoms with van der Waals surface area (Å²) in [6.07, 6.45) is 1.59. The average molecular weight is 414 g/mol. The molecule has 5 rings (SSSR count). The van der Waals surface area contributed by atoms with E-state index in [1.54, 1.807) is 12.3 Å². The Morgan fingerprint density at radius 2 is 1.72 bits per heavy atom. The smallest absolute Gasteiger partial charge is 0.462 e. The van der Waals surface area contributed by atoms with Gasteiger partial charge in [-0.25, -0.2) is 9.98 Å². The summed E-state index contributed by atoms with van der Waals surface area (Å²) in [5, 5.41) is 0.345. The number of ether oxygens (including phenoxy) is 2. The molecule has 2 N–H and O–H groups in total. The quantitative estimate of drug-likeness (QED) is 0.571. The van der Waals surface area contributed by atoms with Crippen molar-refractivity contribution in [3.63, 3.8) is 0 Å². The number of aliphatic imine (C=N–C) groups is 1. The number of nitrogens with two attached hydrogens (primary N) is 1. The van der Waals surface area contributed by atoms with Crippen molar-refractivity contribution in [1.82, 2.24) is 4.98 Å². The molecule has 2 aromatic rings. The number of benzene rings is 1. The van der Waals surface area contributed by atoms with Gasteiger partial charge in [-0.3, -0.25) is 0 Å². The number of pyridine rings is 1. The maximum absolute atomic E-state index is 6.22. The summed E-state index contributed by atoms with van der Waals surface area (Å²) >= 11 is 6.17. The van der Waals surface area contributed by atoms with Crippen LogP contribution in [0.2, 0.25) is 5.15 Å². The summed E-state index contributed by atoms with van der Waals surface area (Å²) in [7, 11) is -0.506. The lowest BCUT2D eigenvalue weighted by Crippen LogP contribution is -2.41. The summed E-state index contributed by atoms with van der Waals surface area (Å²) in [6.45, 7) is 8.34. The van der Waals surface area contributed by atoms with Gasteiger partial charge in [0.2, 0.25) is 0 Å². The van der Waals surface area contributed by atoms with Crippen LogP contribution in [0.1, 0.15) is 38.8 Å². The van der Waals surface area contributed by atoms with Crippen molar-refractivity contribution in [2.45, 2.75) is 44.4 Å². The molecule has 0 saturated carbocycles. The van der Waals surface area contributed by atoms with E-state index in [2.05, 4.69) is 9.98 Å². The van der Waals surface area contributed by atoms with E-state index in [-0.39, 0.29) is 12.6 Å². The zero-order chi connectivity index (χ0) is 20.6. The highest BCUT2D eigenvalue weighted by Crippen LogP contribution is 2.50. The van der Waals surface area contributed by atoms with Gasteiger partial charge in [0.25, 0.3) is 6.02 Å². The lowest BCUT2D eigenvalue weighted by Gasteiger charge is -2.33. The Hall–Kier alpha value is -2.29. The minimum absolute atomic E-state index is 0.123. The number of hydrogen-bond donors (Lipinski definition) is 1. The zero-order valence-electron chi connectivity index (χ0n) is 16.7. The minimum Gasteiger partial charge on any atom is -0.462 e. The van der Waals surface area contributed by atoms with Crippen molar-refractivity contribution in [3.05, 3.63) is 46.7 Å². The van der Waals surface area contributed by atoms with Crippen molar-refractivity contribution in [1.29, 1.82) is 0 Å². The Balaban J connectivity index is 1.65. The predicted molar refractivity (Wildman–Crippen MR) is 110 cm³/mol. The van der Waals surface area contributed by atoms with Crippen molar-refractivity contribution >= 4 is 30.2 Å². The van der Waals surface area contributed by atoms with Crippen LogP contribution in [0.15, 0.2) is 35.5 Å². The van der Waals surface area contributed by atoms with Gasteiger partial charge in [0, 0.05) is 11.1 Å². The van der Waals surface area contributed by atoms with Crippen molar-refractivity contribution in [2.24, 2.45) is 10.7 Å². The normalized spacial score (nSPS) is 25.8. The Labute approximate surface area is 174 Å². The summed E-state index contributed by atoms with van der Waals surface area (Å²) in [5.41, 5.74) is 6.63. The van der Waals surface area contributed by atoms with Crippen LogP contribution >= 0.6 is 11.6 Å². The fraction of sp³-hybridized carbons (Fsp3) is 0.400. The minimum atomic E-state index is -0.862. The molecule has 3 aliphatic heterocycles. The fourth-order valence-electron chi connectivity index (χ4n) is 3.88. The maximum atomic E-state index is 6.22. The monoisotopic (exact) mass is 413 g/mol. The topological polar surface area (TPSA) is 88.2 Å². The van der Waals surface area contributed by atoms with E-state index in [9.17, 15) is 0 Å². The second kappa shape index (κ2) is 5.87. The number of nitrogens with zero attached hydrogens (tertiary/aromatic N) is 2. The standard InChI is InChI=1S/C20H21BClN3O4/c1-18(2)19(3,4)29-21(28-18)11-5-6-14-12(7-11)20(10-26-17(23)25-20)13-8-16(22)24-9-15(13)27-14/h5-9H,10H2,1-4H3,(H2,23,25). The highest BCUT2D eigenvalue weighted by Gasteiger charge is 2.53. The number of aromatic nitrogens is 1. The lowest BCUT2D eigenvalue weighted by molar-refractivity contribution is 0.00578. The highest BCUT2D eigenvalue weighted by atomic mass is 35.5. The third-order valence-corrected chi connectivity index (χ3v) is 6.41. The molecule has 0 radical (unpaired) electrons. The molecule has 1 atom stereocenters. The zero-order valence-corrected chi connectivity index (χ0v) is 17.4. The average Bonchev–Trinajstić information content (AvgIpc) is 3.13. The first kappa shape index (κ1) is 18.7. The van der Waals surface area contributed by atoms with E-state index in [1.165, 1.54) is 0 Å². The van der Waals surface area contributed by atoms with Gasteiger partial charge in [0.05, 0.1) is 17.4 Å². The predicted octanol–water partition coefficient (Wildman–Crippen LogP) is 2.73. The molecule has 1 aromatic carbocycles. The summed E-state index contributed by atoms with van der Waals surface area (Å²) in [6, 6.07) is 7.68. The molecular formula is C20H21BClN3O4. The summed E-state index contributed by atoms with van der Waals surface area (Å²) in [5.74, 6) is 1.23. The molecule has 0 aliphatic carbocycles. The molecule has 3 aliphatic rings.